The summed E-state index contributed by atoms with van der Waals surface area (Å²) in [6.07, 6.45) is 0.757. The van der Waals surface area contributed by atoms with Gasteiger partial charge in [0, 0.05) is 31.6 Å². The molecule has 1 aromatic rings. The Morgan fingerprint density at radius 1 is 1.26 bits per heavy atom. The first-order valence-electron chi connectivity index (χ1n) is 9.84. The van der Waals surface area contributed by atoms with Gasteiger partial charge in [0.1, 0.15) is 0 Å². The number of aliphatic hydroxyl groups excluding tert-OH is 1. The standard InChI is InChI=1S/C21H30F2N2O2/c1-4-16-10-25(20(27)17-8-14(2)7-15(3)9-17)19(12-26)18(16)11-24-6-5-21(22,23)13-24/h7-9,16,18-19,26H,4-6,10-13H2,1-3H3/t16-,18-,19-/m1/s1. The van der Waals surface area contributed by atoms with Crippen LogP contribution in [0.15, 0.2) is 18.2 Å². The minimum absolute atomic E-state index is 0.0174. The van der Waals surface area contributed by atoms with E-state index in [0.717, 1.165) is 17.5 Å². The van der Waals surface area contributed by atoms with E-state index in [2.05, 4.69) is 6.92 Å². The fourth-order valence-electron chi connectivity index (χ4n) is 4.76. The van der Waals surface area contributed by atoms with Crippen molar-refractivity contribution in [1.29, 1.82) is 0 Å². The third-order valence-corrected chi connectivity index (χ3v) is 6.09. The molecule has 0 aromatic heterocycles. The van der Waals surface area contributed by atoms with Gasteiger partial charge in [-0.05, 0) is 37.8 Å². The smallest absolute Gasteiger partial charge is 0.261 e. The lowest BCUT2D eigenvalue weighted by molar-refractivity contribution is 0.00885. The summed E-state index contributed by atoms with van der Waals surface area (Å²) in [6.45, 7) is 7.09. The lowest BCUT2D eigenvalue weighted by atomic mass is 9.88. The Morgan fingerprint density at radius 3 is 2.44 bits per heavy atom. The normalized spacial score (nSPS) is 28.1. The monoisotopic (exact) mass is 380 g/mol. The van der Waals surface area contributed by atoms with Crippen molar-refractivity contribution in [2.45, 2.75) is 45.6 Å². The summed E-state index contributed by atoms with van der Waals surface area (Å²) in [6, 6.07) is 5.45. The predicted molar refractivity (Wildman–Crippen MR) is 101 cm³/mol. The third kappa shape index (κ3) is 4.32. The topological polar surface area (TPSA) is 43.8 Å². The highest BCUT2D eigenvalue weighted by molar-refractivity contribution is 5.95. The number of rotatable bonds is 5. The first-order chi connectivity index (χ1) is 12.7. The molecule has 1 amide bonds. The van der Waals surface area contributed by atoms with Gasteiger partial charge in [-0.1, -0.05) is 30.5 Å². The average Bonchev–Trinajstić information content (AvgIpc) is 3.12. The van der Waals surface area contributed by atoms with Gasteiger partial charge in [-0.3, -0.25) is 9.69 Å². The fourth-order valence-corrected chi connectivity index (χ4v) is 4.76. The highest BCUT2D eigenvalue weighted by atomic mass is 19.3. The van der Waals surface area contributed by atoms with E-state index in [-0.39, 0.29) is 43.4 Å². The number of hydrogen-bond acceptors (Lipinski definition) is 3. The number of nitrogens with zero attached hydrogens (tertiary/aromatic N) is 2. The average molecular weight is 380 g/mol. The van der Waals surface area contributed by atoms with Gasteiger partial charge in [-0.25, -0.2) is 8.78 Å². The van der Waals surface area contributed by atoms with E-state index in [0.29, 0.717) is 25.2 Å². The van der Waals surface area contributed by atoms with Crippen LogP contribution in [0.1, 0.15) is 41.3 Å². The minimum Gasteiger partial charge on any atom is -0.394 e. The number of alkyl halides is 2. The van der Waals surface area contributed by atoms with Gasteiger partial charge < -0.3 is 10.0 Å². The molecule has 27 heavy (non-hydrogen) atoms. The maximum atomic E-state index is 13.6. The zero-order chi connectivity index (χ0) is 19.8. The maximum absolute atomic E-state index is 13.6. The summed E-state index contributed by atoms with van der Waals surface area (Å²) in [5.41, 5.74) is 2.69. The number of carbonyl (C=O) groups excluding carboxylic acids is 1. The summed E-state index contributed by atoms with van der Waals surface area (Å²) >= 11 is 0. The van der Waals surface area contributed by atoms with Gasteiger partial charge >= 0.3 is 0 Å². The predicted octanol–water partition coefficient (Wildman–Crippen LogP) is 3.10. The van der Waals surface area contributed by atoms with Crippen molar-refractivity contribution in [3.63, 3.8) is 0 Å². The molecule has 0 saturated carbocycles. The Bertz CT molecular complexity index is 675. The van der Waals surface area contributed by atoms with E-state index in [1.807, 2.05) is 32.0 Å². The van der Waals surface area contributed by atoms with Crippen LogP contribution in [0.5, 0.6) is 0 Å². The largest absolute Gasteiger partial charge is 0.394 e. The number of carbonyl (C=O) groups is 1. The van der Waals surface area contributed by atoms with E-state index >= 15 is 0 Å². The molecule has 3 rings (SSSR count). The minimum atomic E-state index is -2.62. The van der Waals surface area contributed by atoms with Crippen LogP contribution in [0.4, 0.5) is 8.78 Å². The zero-order valence-corrected chi connectivity index (χ0v) is 16.4. The van der Waals surface area contributed by atoms with Crippen LogP contribution in [-0.2, 0) is 0 Å². The molecule has 1 N–H and O–H groups in total. The van der Waals surface area contributed by atoms with Crippen LogP contribution in [0, 0.1) is 25.7 Å². The summed E-state index contributed by atoms with van der Waals surface area (Å²) in [5, 5.41) is 10.0. The lowest BCUT2D eigenvalue weighted by Crippen LogP contribution is -2.43. The second-order valence-electron chi connectivity index (χ2n) is 8.26. The second-order valence-corrected chi connectivity index (χ2v) is 8.26. The summed E-state index contributed by atoms with van der Waals surface area (Å²) in [4.78, 5) is 16.7. The number of aliphatic hydroxyl groups is 1. The Labute approximate surface area is 160 Å². The molecule has 2 heterocycles. The molecule has 0 unspecified atom stereocenters. The molecule has 2 aliphatic heterocycles. The number of likely N-dealkylation sites (tertiary alicyclic amines) is 2. The van der Waals surface area contributed by atoms with Crippen molar-refractivity contribution < 1.29 is 18.7 Å². The Kier molecular flexibility index (Phi) is 5.87. The van der Waals surface area contributed by atoms with Gasteiger partial charge in [0.2, 0.25) is 0 Å². The molecule has 2 saturated heterocycles. The molecule has 150 valence electrons. The van der Waals surface area contributed by atoms with Crippen LogP contribution in [0.3, 0.4) is 0 Å². The highest BCUT2D eigenvalue weighted by Crippen LogP contribution is 2.36. The van der Waals surface area contributed by atoms with Gasteiger partial charge in [0.15, 0.2) is 0 Å². The molecule has 0 radical (unpaired) electrons. The van der Waals surface area contributed by atoms with Gasteiger partial charge in [0.25, 0.3) is 11.8 Å². The maximum Gasteiger partial charge on any atom is 0.261 e. The lowest BCUT2D eigenvalue weighted by Gasteiger charge is -2.30. The molecule has 0 bridgehead atoms. The SMILES string of the molecule is CC[C@@H]1CN(C(=O)c2cc(C)cc(C)c2)[C@H](CO)[C@@H]1CN1CCC(F)(F)C1. The van der Waals surface area contributed by atoms with Crippen molar-refractivity contribution >= 4 is 5.91 Å². The quantitative estimate of drug-likeness (QED) is 0.854. The molecular weight excluding hydrogens is 350 g/mol. The number of aryl methyl sites for hydroxylation is 2. The number of amides is 1. The van der Waals surface area contributed by atoms with Crippen LogP contribution in [0.25, 0.3) is 0 Å². The molecular formula is C21H30F2N2O2. The molecule has 4 nitrogen and oxygen atoms in total. The van der Waals surface area contributed by atoms with Crippen LogP contribution in [0.2, 0.25) is 0 Å². The molecule has 6 heteroatoms. The summed E-state index contributed by atoms with van der Waals surface area (Å²) in [7, 11) is 0. The Balaban J connectivity index is 1.79. The zero-order valence-electron chi connectivity index (χ0n) is 16.4. The highest BCUT2D eigenvalue weighted by Gasteiger charge is 2.46. The first-order valence-corrected chi connectivity index (χ1v) is 9.84. The molecule has 2 fully saturated rings. The number of halogens is 2. The number of benzene rings is 1. The van der Waals surface area contributed by atoms with Gasteiger partial charge in [0.05, 0.1) is 19.2 Å². The summed E-state index contributed by atoms with van der Waals surface area (Å²) in [5.74, 6) is -2.47. The van der Waals surface area contributed by atoms with E-state index < -0.39 is 5.92 Å². The van der Waals surface area contributed by atoms with E-state index in [1.165, 1.54) is 0 Å². The van der Waals surface area contributed by atoms with Crippen LogP contribution < -0.4 is 0 Å². The van der Waals surface area contributed by atoms with Crippen molar-refractivity contribution in [3.05, 3.63) is 34.9 Å². The molecule has 0 aliphatic carbocycles. The Morgan fingerprint density at radius 2 is 1.93 bits per heavy atom. The van der Waals surface area contributed by atoms with Crippen molar-refractivity contribution in [2.24, 2.45) is 11.8 Å². The first kappa shape index (κ1) is 20.2. The Hall–Kier alpha value is -1.53. The molecule has 0 spiro atoms. The third-order valence-electron chi connectivity index (χ3n) is 6.09. The van der Waals surface area contributed by atoms with Gasteiger partial charge in [-0.2, -0.15) is 0 Å². The van der Waals surface area contributed by atoms with Crippen LogP contribution in [-0.4, -0.2) is 65.6 Å². The molecule has 2 aliphatic rings. The van der Waals surface area contributed by atoms with E-state index in [4.69, 9.17) is 0 Å². The fraction of sp³-hybridized carbons (Fsp3) is 0.667. The van der Waals surface area contributed by atoms with Crippen LogP contribution >= 0.6 is 0 Å². The van der Waals surface area contributed by atoms with Gasteiger partial charge in [-0.15, -0.1) is 0 Å². The van der Waals surface area contributed by atoms with Crippen molar-refractivity contribution in [2.75, 3.05) is 32.8 Å². The van der Waals surface area contributed by atoms with Crippen molar-refractivity contribution in [3.8, 4) is 0 Å². The van der Waals surface area contributed by atoms with Crippen molar-refractivity contribution in [1.82, 2.24) is 9.80 Å². The second kappa shape index (κ2) is 7.84. The number of hydrogen-bond donors (Lipinski definition) is 1. The summed E-state index contributed by atoms with van der Waals surface area (Å²) < 4.78 is 27.1. The molecule has 1 aromatic carbocycles. The molecule has 3 atom stereocenters. The van der Waals surface area contributed by atoms with E-state index in [1.54, 1.807) is 9.80 Å². The van der Waals surface area contributed by atoms with E-state index in [9.17, 15) is 18.7 Å².